The average molecular weight is 484 g/mol. The summed E-state index contributed by atoms with van der Waals surface area (Å²) in [5, 5.41) is 5.47. The number of hydrogen-bond donors (Lipinski definition) is 2. The van der Waals surface area contributed by atoms with E-state index in [9.17, 15) is 19.2 Å². The van der Waals surface area contributed by atoms with E-state index < -0.39 is 35.9 Å². The molecule has 2 atom stereocenters. The van der Waals surface area contributed by atoms with Crippen LogP contribution in [0.15, 0.2) is 54.9 Å². The van der Waals surface area contributed by atoms with Gasteiger partial charge in [0.2, 0.25) is 11.8 Å². The number of urea groups is 1. The fraction of sp³-hybridized carbons (Fsp3) is 0.375. The maximum atomic E-state index is 13.3. The molecule has 0 saturated carbocycles. The van der Waals surface area contributed by atoms with E-state index in [2.05, 4.69) is 15.6 Å². The predicted molar refractivity (Wildman–Crippen MR) is 126 cm³/mol. The number of nitrogens with one attached hydrogen (secondary N) is 2. The maximum absolute atomic E-state index is 13.3. The number of anilines is 1. The molecule has 1 aliphatic rings. The van der Waals surface area contributed by atoms with Gasteiger partial charge >= 0.3 is 12.0 Å². The first kappa shape index (κ1) is 25.6. The number of piperazine rings is 1. The van der Waals surface area contributed by atoms with E-state index in [0.29, 0.717) is 5.69 Å². The van der Waals surface area contributed by atoms with E-state index in [1.807, 2.05) is 6.07 Å². The van der Waals surface area contributed by atoms with E-state index >= 15 is 0 Å². The van der Waals surface area contributed by atoms with Gasteiger partial charge in [-0.05, 0) is 23.8 Å². The van der Waals surface area contributed by atoms with Gasteiger partial charge in [0.1, 0.15) is 18.7 Å². The van der Waals surface area contributed by atoms with Crippen LogP contribution < -0.4 is 10.6 Å². The smallest absolute Gasteiger partial charge is 0.328 e. The molecule has 2 heterocycles. The van der Waals surface area contributed by atoms with Crippen LogP contribution in [0.25, 0.3) is 0 Å². The Morgan fingerprint density at radius 1 is 1.09 bits per heavy atom. The number of methoxy groups -OCH3 is 2. The Hall–Kier alpha value is -3.99. The second kappa shape index (κ2) is 12.5. The molecule has 0 radical (unpaired) electrons. The summed E-state index contributed by atoms with van der Waals surface area (Å²) < 4.78 is 9.82. The van der Waals surface area contributed by atoms with Crippen LogP contribution in [0.2, 0.25) is 0 Å². The number of carbonyl (C=O) groups is 4. The topological polar surface area (TPSA) is 130 Å². The van der Waals surface area contributed by atoms with Crippen molar-refractivity contribution in [1.29, 1.82) is 0 Å². The Morgan fingerprint density at radius 2 is 1.86 bits per heavy atom. The Balaban J connectivity index is 1.76. The van der Waals surface area contributed by atoms with Gasteiger partial charge in [-0.15, -0.1) is 0 Å². The Morgan fingerprint density at radius 3 is 2.51 bits per heavy atom. The molecule has 4 amide bonds. The number of nitrogens with zero attached hydrogens (tertiary/aromatic N) is 3. The number of carbonyl (C=O) groups excluding carboxylic acids is 4. The summed E-state index contributed by atoms with van der Waals surface area (Å²) in [4.78, 5) is 58.1. The number of benzene rings is 1. The molecule has 1 saturated heterocycles. The van der Waals surface area contributed by atoms with Crippen molar-refractivity contribution < 1.29 is 28.7 Å². The summed E-state index contributed by atoms with van der Waals surface area (Å²) >= 11 is 0. The average Bonchev–Trinajstić information content (AvgIpc) is 2.88. The summed E-state index contributed by atoms with van der Waals surface area (Å²) in [5.74, 6) is -1.60. The fourth-order valence-corrected chi connectivity index (χ4v) is 3.78. The molecule has 0 spiro atoms. The molecule has 2 N–H and O–H groups in total. The van der Waals surface area contributed by atoms with Crippen LogP contribution >= 0.6 is 0 Å². The zero-order valence-electron chi connectivity index (χ0n) is 19.7. The van der Waals surface area contributed by atoms with Gasteiger partial charge in [-0.25, -0.2) is 9.59 Å². The van der Waals surface area contributed by atoms with Crippen LogP contribution in [-0.2, 0) is 30.3 Å². The minimum Gasteiger partial charge on any atom is -0.467 e. The van der Waals surface area contributed by atoms with Crippen LogP contribution in [0.4, 0.5) is 10.5 Å². The van der Waals surface area contributed by atoms with Crippen molar-refractivity contribution in [3.05, 3.63) is 60.4 Å². The molecule has 35 heavy (non-hydrogen) atoms. The number of rotatable bonds is 8. The summed E-state index contributed by atoms with van der Waals surface area (Å²) in [6, 6.07) is 10.0. The molecule has 3 rings (SSSR count). The van der Waals surface area contributed by atoms with Gasteiger partial charge in [-0.3, -0.25) is 14.6 Å². The molecule has 2 aromatic rings. The van der Waals surface area contributed by atoms with E-state index in [-0.39, 0.29) is 32.7 Å². The molecule has 1 aromatic heterocycles. The molecule has 2 unspecified atom stereocenters. The highest BCUT2D eigenvalue weighted by molar-refractivity contribution is 5.94. The minimum atomic E-state index is -1.02. The van der Waals surface area contributed by atoms with Crippen molar-refractivity contribution >= 4 is 29.5 Å². The molecule has 1 aliphatic heterocycles. The monoisotopic (exact) mass is 483 g/mol. The van der Waals surface area contributed by atoms with Crippen molar-refractivity contribution in [2.45, 2.75) is 18.5 Å². The zero-order chi connectivity index (χ0) is 25.2. The number of para-hydroxylation sites is 1. The Bertz CT molecular complexity index is 1020. The van der Waals surface area contributed by atoms with E-state index in [0.717, 1.165) is 5.56 Å². The SMILES string of the molecule is COCC(=O)N1CCN(C(=O)Nc2ccccc2)CC1C(=O)NC(Cc1cccnc1)C(=O)OC. The number of hydrogen-bond acceptors (Lipinski definition) is 7. The van der Waals surface area contributed by atoms with Crippen LogP contribution in [0, 0.1) is 0 Å². The number of ether oxygens (including phenoxy) is 2. The first-order valence-corrected chi connectivity index (χ1v) is 11.1. The molecule has 11 nitrogen and oxygen atoms in total. The van der Waals surface area contributed by atoms with Gasteiger partial charge in [0.15, 0.2) is 0 Å². The predicted octanol–water partition coefficient (Wildman–Crippen LogP) is 0.673. The quantitative estimate of drug-likeness (QED) is 0.528. The summed E-state index contributed by atoms with van der Waals surface area (Å²) in [6.45, 7) is 0.0961. The molecule has 0 bridgehead atoms. The number of amides is 4. The Kier molecular flexibility index (Phi) is 9.13. The Labute approximate surface area is 203 Å². The van der Waals surface area contributed by atoms with Gasteiger partial charge in [-0.1, -0.05) is 24.3 Å². The minimum absolute atomic E-state index is 0.0548. The molecule has 0 aliphatic carbocycles. The number of esters is 1. The van der Waals surface area contributed by atoms with Gasteiger partial charge in [-0.2, -0.15) is 0 Å². The van der Waals surface area contributed by atoms with Gasteiger partial charge in [0.25, 0.3) is 0 Å². The lowest BCUT2D eigenvalue weighted by Gasteiger charge is -2.40. The molecular weight excluding hydrogens is 454 g/mol. The summed E-state index contributed by atoms with van der Waals surface area (Å²) in [7, 11) is 2.62. The first-order chi connectivity index (χ1) is 16.9. The van der Waals surface area contributed by atoms with Crippen molar-refractivity contribution in [3.8, 4) is 0 Å². The summed E-state index contributed by atoms with van der Waals surface area (Å²) in [6.07, 6.45) is 3.35. The molecule has 1 aromatic carbocycles. The number of pyridine rings is 1. The van der Waals surface area contributed by atoms with Crippen molar-refractivity contribution in [1.82, 2.24) is 20.1 Å². The highest BCUT2D eigenvalue weighted by Crippen LogP contribution is 2.15. The van der Waals surface area contributed by atoms with E-state index in [4.69, 9.17) is 9.47 Å². The van der Waals surface area contributed by atoms with Crippen LogP contribution in [0.1, 0.15) is 5.56 Å². The van der Waals surface area contributed by atoms with Crippen molar-refractivity contribution in [2.75, 3.05) is 45.8 Å². The van der Waals surface area contributed by atoms with Crippen molar-refractivity contribution in [3.63, 3.8) is 0 Å². The summed E-state index contributed by atoms with van der Waals surface area (Å²) in [5.41, 5.74) is 1.33. The van der Waals surface area contributed by atoms with Gasteiger partial charge in [0, 0.05) is 44.7 Å². The van der Waals surface area contributed by atoms with Gasteiger partial charge < -0.3 is 29.9 Å². The first-order valence-electron chi connectivity index (χ1n) is 11.1. The van der Waals surface area contributed by atoms with E-state index in [1.165, 1.54) is 24.0 Å². The molecular formula is C24H29N5O6. The zero-order valence-corrected chi connectivity index (χ0v) is 19.7. The largest absolute Gasteiger partial charge is 0.467 e. The van der Waals surface area contributed by atoms with Crippen LogP contribution in [0.3, 0.4) is 0 Å². The maximum Gasteiger partial charge on any atom is 0.328 e. The third-order valence-corrected chi connectivity index (χ3v) is 5.55. The second-order valence-corrected chi connectivity index (χ2v) is 7.93. The van der Waals surface area contributed by atoms with Crippen molar-refractivity contribution in [2.24, 2.45) is 0 Å². The molecule has 1 fully saturated rings. The molecule has 11 heteroatoms. The lowest BCUT2D eigenvalue weighted by molar-refractivity contribution is -0.149. The normalized spacial score (nSPS) is 16.2. The van der Waals surface area contributed by atoms with Crippen LogP contribution in [0.5, 0.6) is 0 Å². The highest BCUT2D eigenvalue weighted by atomic mass is 16.5. The van der Waals surface area contributed by atoms with Crippen LogP contribution in [-0.4, -0.2) is 91.1 Å². The lowest BCUT2D eigenvalue weighted by Crippen LogP contribution is -2.63. The third kappa shape index (κ3) is 7.00. The fourth-order valence-electron chi connectivity index (χ4n) is 3.78. The lowest BCUT2D eigenvalue weighted by atomic mass is 10.1. The third-order valence-electron chi connectivity index (χ3n) is 5.55. The number of aromatic nitrogens is 1. The second-order valence-electron chi connectivity index (χ2n) is 7.93. The molecule has 186 valence electrons. The highest BCUT2D eigenvalue weighted by Gasteiger charge is 2.38. The van der Waals surface area contributed by atoms with E-state index in [1.54, 1.807) is 48.8 Å². The standard InChI is InChI=1S/C24H29N5O6/c1-34-16-21(30)29-12-11-28(24(33)26-18-8-4-3-5-9-18)15-20(29)22(31)27-19(23(32)35-2)13-17-7-6-10-25-14-17/h3-10,14,19-20H,11-13,15-16H2,1-2H3,(H,26,33)(H,27,31). The van der Waals surface area contributed by atoms with Gasteiger partial charge in [0.05, 0.1) is 13.7 Å².